The number of anilines is 1. The minimum absolute atomic E-state index is 0.457. The summed E-state index contributed by atoms with van der Waals surface area (Å²) in [7, 11) is 0. The summed E-state index contributed by atoms with van der Waals surface area (Å²) < 4.78 is 5.77. The highest BCUT2D eigenvalue weighted by atomic mass is 32.2. The first-order chi connectivity index (χ1) is 13.9. The van der Waals surface area contributed by atoms with Crippen LogP contribution in [-0.4, -0.2) is 57.7 Å². The third kappa shape index (κ3) is 4.60. The van der Waals surface area contributed by atoms with Crippen LogP contribution in [0.5, 0.6) is 0 Å². The van der Waals surface area contributed by atoms with E-state index in [1.165, 1.54) is 17.3 Å². The maximum Gasteiger partial charge on any atom is 0.113 e. The fourth-order valence-corrected chi connectivity index (χ4v) is 4.34. The topological polar surface area (TPSA) is 116 Å². The molecular weight excluding hydrogens is 390 g/mol. The Morgan fingerprint density at radius 2 is 1.66 bits per heavy atom. The molecule has 1 heterocycles. The molecule has 0 radical (unpaired) electrons. The predicted octanol–water partition coefficient (Wildman–Crippen LogP) is 1.66. The summed E-state index contributed by atoms with van der Waals surface area (Å²) in [6.07, 6.45) is -2.45. The highest BCUT2D eigenvalue weighted by Gasteiger charge is 2.44. The van der Waals surface area contributed by atoms with Crippen LogP contribution < -0.4 is 5.73 Å². The molecule has 2 aromatic rings. The van der Waals surface area contributed by atoms with Gasteiger partial charge in [0.25, 0.3) is 0 Å². The van der Waals surface area contributed by atoms with Gasteiger partial charge in [-0.1, -0.05) is 31.2 Å². The lowest BCUT2D eigenvalue weighted by molar-refractivity contribution is -0.232. The fourth-order valence-electron chi connectivity index (χ4n) is 3.68. The van der Waals surface area contributed by atoms with E-state index in [0.717, 1.165) is 22.4 Å². The molecule has 1 saturated heterocycles. The van der Waals surface area contributed by atoms with Gasteiger partial charge < -0.3 is 30.9 Å². The number of rotatable bonds is 6. The minimum Gasteiger partial charge on any atom is -0.398 e. The molecule has 0 amide bonds. The number of aryl methyl sites for hydroxylation is 1. The Balaban J connectivity index is 1.96. The third-order valence-corrected chi connectivity index (χ3v) is 6.31. The molecule has 1 aliphatic rings. The van der Waals surface area contributed by atoms with Crippen molar-refractivity contribution in [2.45, 2.75) is 55.2 Å². The monoisotopic (exact) mass is 419 g/mol. The molecule has 7 heteroatoms. The zero-order valence-corrected chi connectivity index (χ0v) is 17.5. The van der Waals surface area contributed by atoms with Gasteiger partial charge in [-0.05, 0) is 53.5 Å². The first-order valence-electron chi connectivity index (χ1n) is 9.74. The van der Waals surface area contributed by atoms with Crippen molar-refractivity contribution in [3.63, 3.8) is 0 Å². The summed E-state index contributed by atoms with van der Waals surface area (Å²) >= 11 is 1.46. The maximum absolute atomic E-state index is 10.5. The minimum atomic E-state index is -1.41. The molecular formula is C22H29NO5S. The van der Waals surface area contributed by atoms with Gasteiger partial charge in [0.1, 0.15) is 30.5 Å². The Hall–Kier alpha value is -1.61. The van der Waals surface area contributed by atoms with Crippen LogP contribution in [-0.2, 0) is 17.6 Å². The Labute approximate surface area is 175 Å². The van der Waals surface area contributed by atoms with Crippen LogP contribution in [0.1, 0.15) is 35.3 Å². The quantitative estimate of drug-likeness (QED) is 0.357. The number of ether oxygens (including phenoxy) is 1. The van der Waals surface area contributed by atoms with Gasteiger partial charge >= 0.3 is 0 Å². The summed E-state index contributed by atoms with van der Waals surface area (Å²) in [6, 6.07) is 12.1. The number of aliphatic hydroxyl groups excluding tert-OH is 4. The molecule has 158 valence electrons. The molecule has 0 aliphatic carbocycles. The molecule has 0 spiro atoms. The SMILES string of the molecule is CCc1ccc(Cc2cc([C@@H]3O[C@H](CO)[C@@H](O)[C@H](O)[C@H]3O)c(SC)cc2N)cc1. The van der Waals surface area contributed by atoms with Gasteiger partial charge in [-0.3, -0.25) is 0 Å². The van der Waals surface area contributed by atoms with E-state index in [4.69, 9.17) is 10.5 Å². The summed E-state index contributed by atoms with van der Waals surface area (Å²) in [5.74, 6) is 0. The number of nitrogens with two attached hydrogens (primary N) is 1. The van der Waals surface area contributed by atoms with Crippen molar-refractivity contribution in [1.29, 1.82) is 0 Å². The Bertz CT molecular complexity index is 827. The van der Waals surface area contributed by atoms with Crippen molar-refractivity contribution >= 4 is 17.4 Å². The average Bonchev–Trinajstić information content (AvgIpc) is 2.74. The van der Waals surface area contributed by atoms with Gasteiger partial charge in [0.2, 0.25) is 0 Å². The van der Waals surface area contributed by atoms with Crippen LogP contribution in [0.2, 0.25) is 0 Å². The van der Waals surface area contributed by atoms with Gasteiger partial charge in [0.15, 0.2) is 0 Å². The molecule has 6 N–H and O–H groups in total. The van der Waals surface area contributed by atoms with E-state index in [-0.39, 0.29) is 0 Å². The smallest absolute Gasteiger partial charge is 0.113 e. The second-order valence-electron chi connectivity index (χ2n) is 7.39. The largest absolute Gasteiger partial charge is 0.398 e. The lowest BCUT2D eigenvalue weighted by Gasteiger charge is -2.40. The zero-order valence-electron chi connectivity index (χ0n) is 16.7. The lowest BCUT2D eigenvalue weighted by atomic mass is 9.89. The highest BCUT2D eigenvalue weighted by Crippen LogP contribution is 2.39. The van der Waals surface area contributed by atoms with Crippen molar-refractivity contribution in [3.05, 3.63) is 58.7 Å². The first-order valence-corrected chi connectivity index (χ1v) is 11.0. The van der Waals surface area contributed by atoms with E-state index in [2.05, 4.69) is 31.2 Å². The number of thioether (sulfide) groups is 1. The van der Waals surface area contributed by atoms with Crippen LogP contribution in [0, 0.1) is 0 Å². The molecule has 0 saturated carbocycles. The molecule has 6 nitrogen and oxygen atoms in total. The van der Waals surface area contributed by atoms with E-state index in [9.17, 15) is 20.4 Å². The standard InChI is InChI=1S/C22H29NO5S/c1-3-12-4-6-13(7-5-12)8-14-9-15(18(29-2)10-16(14)23)22-21(27)20(26)19(25)17(11-24)28-22/h4-7,9-10,17,19-22,24-27H,3,8,11,23H2,1-2H3/t17-,19-,20+,21-,22+/m1/s1. The Morgan fingerprint density at radius 3 is 2.24 bits per heavy atom. The van der Waals surface area contributed by atoms with Crippen molar-refractivity contribution < 1.29 is 25.2 Å². The zero-order chi connectivity index (χ0) is 21.1. The van der Waals surface area contributed by atoms with Gasteiger partial charge in [0, 0.05) is 10.6 Å². The normalized spacial score (nSPS) is 27.2. The van der Waals surface area contributed by atoms with Crippen LogP contribution in [0.15, 0.2) is 41.3 Å². The number of nitrogen functional groups attached to an aromatic ring is 1. The number of benzene rings is 2. The second-order valence-corrected chi connectivity index (χ2v) is 8.24. The molecule has 1 aliphatic heterocycles. The van der Waals surface area contributed by atoms with Gasteiger partial charge in [-0.25, -0.2) is 0 Å². The van der Waals surface area contributed by atoms with Crippen LogP contribution in [0.3, 0.4) is 0 Å². The van der Waals surface area contributed by atoms with Gasteiger partial charge in [-0.2, -0.15) is 0 Å². The van der Waals surface area contributed by atoms with Crippen LogP contribution in [0.25, 0.3) is 0 Å². The average molecular weight is 420 g/mol. The molecule has 5 atom stereocenters. The Morgan fingerprint density at radius 1 is 1.00 bits per heavy atom. The van der Waals surface area contributed by atoms with Crippen LogP contribution in [0.4, 0.5) is 5.69 Å². The Kier molecular flexibility index (Phi) is 7.21. The van der Waals surface area contributed by atoms with E-state index >= 15 is 0 Å². The van der Waals surface area contributed by atoms with Crippen molar-refractivity contribution in [2.24, 2.45) is 0 Å². The number of hydrogen-bond acceptors (Lipinski definition) is 7. The maximum atomic E-state index is 10.5. The molecule has 0 aromatic heterocycles. The molecule has 0 bridgehead atoms. The summed E-state index contributed by atoms with van der Waals surface area (Å²) in [5.41, 5.74) is 10.9. The van der Waals surface area contributed by atoms with Gasteiger partial charge in [0.05, 0.1) is 6.61 Å². The third-order valence-electron chi connectivity index (χ3n) is 5.52. The molecule has 3 rings (SSSR count). The van der Waals surface area contributed by atoms with E-state index in [0.29, 0.717) is 17.7 Å². The van der Waals surface area contributed by atoms with E-state index in [1.807, 2.05) is 18.4 Å². The van der Waals surface area contributed by atoms with Crippen molar-refractivity contribution in [1.82, 2.24) is 0 Å². The fraction of sp³-hybridized carbons (Fsp3) is 0.455. The molecule has 0 unspecified atom stereocenters. The summed E-state index contributed by atoms with van der Waals surface area (Å²) in [5, 5.41) is 40.3. The highest BCUT2D eigenvalue weighted by molar-refractivity contribution is 7.98. The van der Waals surface area contributed by atoms with Crippen LogP contribution >= 0.6 is 11.8 Å². The summed E-state index contributed by atoms with van der Waals surface area (Å²) in [4.78, 5) is 0.817. The van der Waals surface area contributed by atoms with Gasteiger partial charge in [-0.15, -0.1) is 11.8 Å². The van der Waals surface area contributed by atoms with Crippen molar-refractivity contribution in [3.8, 4) is 0 Å². The second kappa shape index (κ2) is 9.47. The first kappa shape index (κ1) is 22.1. The number of aliphatic hydroxyl groups is 4. The predicted molar refractivity (Wildman–Crippen MR) is 114 cm³/mol. The molecule has 2 aromatic carbocycles. The van der Waals surface area contributed by atoms with E-state index in [1.54, 1.807) is 0 Å². The van der Waals surface area contributed by atoms with E-state index < -0.39 is 37.1 Å². The molecule has 1 fully saturated rings. The lowest BCUT2D eigenvalue weighted by Crippen LogP contribution is -2.55. The number of hydrogen-bond donors (Lipinski definition) is 5. The molecule has 29 heavy (non-hydrogen) atoms. The summed E-state index contributed by atoms with van der Waals surface area (Å²) in [6.45, 7) is 1.66. The van der Waals surface area contributed by atoms with Crippen molar-refractivity contribution in [2.75, 3.05) is 18.6 Å².